The van der Waals surface area contributed by atoms with Gasteiger partial charge in [0.25, 0.3) is 0 Å². The van der Waals surface area contributed by atoms with Crippen molar-refractivity contribution in [1.29, 1.82) is 0 Å². The van der Waals surface area contributed by atoms with E-state index in [0.717, 1.165) is 0 Å². The Morgan fingerprint density at radius 3 is 1.87 bits per heavy atom. The predicted molar refractivity (Wildman–Crippen MR) is 60.9 cm³/mol. The van der Waals surface area contributed by atoms with Gasteiger partial charge in [-0.25, -0.2) is 0 Å². The summed E-state index contributed by atoms with van der Waals surface area (Å²) in [6, 6.07) is 3.61. The first-order valence-electron chi connectivity index (χ1n) is 3.25. The van der Waals surface area contributed by atoms with Crippen LogP contribution >= 0.6 is 0 Å². The fraction of sp³-hybridized carbons (Fsp3) is 0.273. The summed E-state index contributed by atoms with van der Waals surface area (Å²) in [7, 11) is 4.77. The molecule has 3 nitrogen and oxygen atoms in total. The molecule has 0 aromatic heterocycles. The zero-order chi connectivity index (χ0) is 8.27. The van der Waals surface area contributed by atoms with Crippen LogP contribution in [-0.4, -0.2) is 21.3 Å². The first kappa shape index (κ1) is 23.9. The van der Waals surface area contributed by atoms with Gasteiger partial charge in [-0.15, -0.1) is 6.07 Å². The largest absolute Gasteiger partial charge is 4.00 e. The Labute approximate surface area is 109 Å². The molecule has 0 unspecified atom stereocenters. The minimum Gasteiger partial charge on any atom is -0.562 e. The van der Waals surface area contributed by atoms with Crippen LogP contribution in [0.25, 0.3) is 0 Å². The van der Waals surface area contributed by atoms with Gasteiger partial charge in [0.1, 0.15) is 0 Å². The Hall–Kier alpha value is -0.536. The zero-order valence-corrected chi connectivity index (χ0v) is 11.9. The smallest absolute Gasteiger partial charge is 0.562 e. The van der Waals surface area contributed by atoms with Crippen LogP contribution < -0.4 is 14.2 Å². The van der Waals surface area contributed by atoms with Crippen LogP contribution in [0.3, 0.4) is 0 Å². The Bertz CT molecular complexity index is 212. The monoisotopic (exact) mass is 248 g/mol. The van der Waals surface area contributed by atoms with Gasteiger partial charge in [-0.2, -0.15) is 6.07 Å². The van der Waals surface area contributed by atoms with E-state index >= 15 is 0 Å². The average molecular weight is 248 g/mol. The topological polar surface area (TPSA) is 27.7 Å². The van der Waals surface area contributed by atoms with Crippen molar-refractivity contribution in [2.24, 2.45) is 0 Å². The molecule has 0 heterocycles. The summed E-state index contributed by atoms with van der Waals surface area (Å²) >= 11 is 0. The molecule has 1 aromatic carbocycles. The average Bonchev–Trinajstić information content (AvgIpc) is 2.45. The minimum atomic E-state index is 0. The second-order valence-corrected chi connectivity index (χ2v) is 2.00. The van der Waals surface area contributed by atoms with Gasteiger partial charge >= 0.3 is 21.7 Å². The molecule has 0 N–H and O–H groups in total. The van der Waals surface area contributed by atoms with Gasteiger partial charge in [0.05, 0.1) is 27.1 Å². The van der Waals surface area contributed by atoms with Crippen molar-refractivity contribution < 1.29 is 35.9 Å². The van der Waals surface area contributed by atoms with E-state index in [1.165, 1.54) is 0 Å². The fourth-order valence-corrected chi connectivity index (χ4v) is 0.947. The Kier molecular flexibility index (Phi) is 18.4. The maximum atomic E-state index is 5.05. The molecule has 0 amide bonds. The molecule has 0 spiro atoms. The number of rotatable bonds is 3. The minimum absolute atomic E-state index is 0. The Balaban J connectivity index is -0.000000151. The van der Waals surface area contributed by atoms with Crippen molar-refractivity contribution in [2.75, 3.05) is 21.3 Å². The molecular weight excluding hydrogens is 228 g/mol. The molecule has 4 heteroatoms. The van der Waals surface area contributed by atoms with Gasteiger partial charge in [0.15, 0.2) is 0 Å². The molecule has 0 fully saturated rings. The Morgan fingerprint density at radius 2 is 1.53 bits per heavy atom. The summed E-state index contributed by atoms with van der Waals surface area (Å²) in [4.78, 5) is 0. The normalized spacial score (nSPS) is 6.87. The first-order valence-corrected chi connectivity index (χ1v) is 3.25. The van der Waals surface area contributed by atoms with E-state index in [4.69, 9.17) is 14.2 Å². The summed E-state index contributed by atoms with van der Waals surface area (Å²) in [5.41, 5.74) is 0. The number of hydrogen-bond acceptors (Lipinski definition) is 3. The molecule has 1 aromatic rings. The molecule has 15 heavy (non-hydrogen) atoms. The van der Waals surface area contributed by atoms with Crippen molar-refractivity contribution in [3.8, 4) is 17.2 Å². The van der Waals surface area contributed by atoms with Crippen LogP contribution in [0.5, 0.6) is 17.2 Å². The molecule has 0 aliphatic heterocycles. The van der Waals surface area contributed by atoms with Gasteiger partial charge in [0.2, 0.25) is 0 Å². The van der Waals surface area contributed by atoms with E-state index in [1.807, 2.05) is 0 Å². The van der Waals surface area contributed by atoms with Crippen molar-refractivity contribution in [2.45, 2.75) is 0 Å². The molecule has 0 bridgehead atoms. The van der Waals surface area contributed by atoms with Crippen LogP contribution in [0.1, 0.15) is 0 Å². The third-order valence-electron chi connectivity index (χ3n) is 1.48. The van der Waals surface area contributed by atoms with Gasteiger partial charge < -0.3 is 36.5 Å². The summed E-state index contributed by atoms with van der Waals surface area (Å²) < 4.78 is 15.1. The van der Waals surface area contributed by atoms with Crippen LogP contribution in [0.4, 0.5) is 0 Å². The third kappa shape index (κ3) is 5.19. The summed E-state index contributed by atoms with van der Waals surface area (Å²) in [5.74, 6) is 2.05. The molecule has 86 valence electrons. The standard InChI is InChI=1S/C8H11O3.3CH3.Ti/c1-9-6-4-5-7(10-2)8(6)11-3;;;;/h4-5H,1-3H3;3*1H3;/q4*-1;+4. The van der Waals surface area contributed by atoms with Gasteiger partial charge in [-0.05, 0) is 0 Å². The van der Waals surface area contributed by atoms with Crippen molar-refractivity contribution in [1.82, 2.24) is 0 Å². The third-order valence-corrected chi connectivity index (χ3v) is 1.48. The number of methoxy groups -OCH3 is 3. The van der Waals surface area contributed by atoms with E-state index in [0.29, 0.717) is 17.2 Å². The van der Waals surface area contributed by atoms with Gasteiger partial charge in [-0.3, -0.25) is 0 Å². The van der Waals surface area contributed by atoms with Crippen LogP contribution in [-0.2, 0) is 21.7 Å². The molecular formula is C11H20O3Ti. The maximum Gasteiger partial charge on any atom is 4.00 e. The van der Waals surface area contributed by atoms with Gasteiger partial charge in [0, 0.05) is 11.5 Å². The molecule has 0 aliphatic carbocycles. The molecule has 0 radical (unpaired) electrons. The quantitative estimate of drug-likeness (QED) is 0.608. The van der Waals surface area contributed by atoms with E-state index in [1.54, 1.807) is 33.5 Å². The summed E-state index contributed by atoms with van der Waals surface area (Å²) in [5, 5.41) is 0. The second kappa shape index (κ2) is 11.5. The molecule has 1 rings (SSSR count). The van der Waals surface area contributed by atoms with E-state index in [-0.39, 0.29) is 44.0 Å². The van der Waals surface area contributed by atoms with E-state index < -0.39 is 0 Å². The molecule has 0 atom stereocenters. The van der Waals surface area contributed by atoms with E-state index in [2.05, 4.69) is 0 Å². The fourth-order valence-electron chi connectivity index (χ4n) is 0.947. The van der Waals surface area contributed by atoms with Gasteiger partial charge in [-0.1, -0.05) is 0 Å². The number of hydrogen-bond donors (Lipinski definition) is 0. The van der Waals surface area contributed by atoms with E-state index in [9.17, 15) is 0 Å². The molecule has 0 saturated heterocycles. The summed E-state index contributed by atoms with van der Waals surface area (Å²) in [6.45, 7) is 0. The zero-order valence-electron chi connectivity index (χ0n) is 10.4. The Morgan fingerprint density at radius 1 is 1.00 bits per heavy atom. The molecule has 0 saturated carbocycles. The SMILES string of the molecule is COc1cc[c-](OC)c1OC.[CH3-].[CH3-].[CH3-].[Ti+4]. The second-order valence-electron chi connectivity index (χ2n) is 2.00. The summed E-state index contributed by atoms with van der Waals surface area (Å²) in [6.07, 6.45) is 0. The number of ether oxygens (including phenoxy) is 3. The first-order chi connectivity index (χ1) is 5.33. The predicted octanol–water partition coefficient (Wildman–Crippen LogP) is 2.78. The van der Waals surface area contributed by atoms with Crippen molar-refractivity contribution in [3.05, 3.63) is 34.4 Å². The van der Waals surface area contributed by atoms with Crippen LogP contribution in [0.2, 0.25) is 0 Å². The maximum absolute atomic E-state index is 5.05. The van der Waals surface area contributed by atoms with Crippen molar-refractivity contribution >= 4 is 0 Å². The van der Waals surface area contributed by atoms with Crippen molar-refractivity contribution in [3.63, 3.8) is 0 Å². The molecule has 0 aliphatic rings. The van der Waals surface area contributed by atoms with Crippen LogP contribution in [0.15, 0.2) is 12.1 Å². The van der Waals surface area contributed by atoms with Crippen LogP contribution in [0, 0.1) is 22.3 Å².